The first kappa shape index (κ1) is 17.8. The molecule has 3 heterocycles. The quantitative estimate of drug-likeness (QED) is 0.434. The molecule has 0 aliphatic rings. The molecule has 0 unspecified atom stereocenters. The molecule has 7 heteroatoms. The minimum absolute atomic E-state index is 0.552. The lowest BCUT2D eigenvalue weighted by atomic mass is 10.1. The van der Waals surface area contributed by atoms with Crippen molar-refractivity contribution in [3.63, 3.8) is 0 Å². The summed E-state index contributed by atoms with van der Waals surface area (Å²) >= 11 is 6.21. The third-order valence-electron chi connectivity index (χ3n) is 5.07. The fourth-order valence-electron chi connectivity index (χ4n) is 3.63. The van der Waals surface area contributed by atoms with Crippen LogP contribution < -0.4 is 0 Å². The van der Waals surface area contributed by atoms with Crippen LogP contribution in [-0.2, 0) is 19.9 Å². The van der Waals surface area contributed by atoms with Crippen molar-refractivity contribution in [1.29, 1.82) is 0 Å². The van der Waals surface area contributed by atoms with E-state index in [0.29, 0.717) is 22.2 Å². The zero-order valence-corrected chi connectivity index (χ0v) is 16.7. The van der Waals surface area contributed by atoms with Crippen molar-refractivity contribution < 1.29 is 0 Å². The Morgan fingerprint density at radius 1 is 0.931 bits per heavy atom. The van der Waals surface area contributed by atoms with Gasteiger partial charge < -0.3 is 0 Å². The smallest absolute Gasteiger partial charge is 0.189 e. The summed E-state index contributed by atoms with van der Waals surface area (Å²) < 4.78 is 3.73. The standard InChI is InChI=1S/C22H19ClN6/c1-28-19(23)14-17(27-28)21-22-26-25-20(13-7-10-15-8-3-2-4-9-15)29(22)18-12-6-5-11-16(18)24-21/h2-6,8-9,11-12,14H,7,10,13H2,1H3. The maximum atomic E-state index is 6.21. The first-order valence-electron chi connectivity index (χ1n) is 9.57. The van der Waals surface area contributed by atoms with Crippen LogP contribution in [0.4, 0.5) is 0 Å². The van der Waals surface area contributed by atoms with Gasteiger partial charge in [-0.2, -0.15) is 5.10 Å². The van der Waals surface area contributed by atoms with Gasteiger partial charge in [-0.15, -0.1) is 10.2 Å². The van der Waals surface area contributed by atoms with Gasteiger partial charge in [0.2, 0.25) is 0 Å². The predicted molar refractivity (Wildman–Crippen MR) is 114 cm³/mol. The molecule has 0 spiro atoms. The van der Waals surface area contributed by atoms with Crippen LogP contribution in [0.1, 0.15) is 17.8 Å². The van der Waals surface area contributed by atoms with Gasteiger partial charge >= 0.3 is 0 Å². The first-order chi connectivity index (χ1) is 14.2. The molecule has 0 aliphatic carbocycles. The van der Waals surface area contributed by atoms with E-state index in [2.05, 4.69) is 50.0 Å². The van der Waals surface area contributed by atoms with Gasteiger partial charge in [-0.25, -0.2) is 4.98 Å². The van der Waals surface area contributed by atoms with Crippen LogP contribution in [0.15, 0.2) is 60.7 Å². The number of hydrogen-bond donors (Lipinski definition) is 0. The van der Waals surface area contributed by atoms with Crippen LogP contribution in [0.25, 0.3) is 28.1 Å². The number of aryl methyl sites for hydroxylation is 3. The highest BCUT2D eigenvalue weighted by Gasteiger charge is 2.18. The molecule has 2 aromatic carbocycles. The topological polar surface area (TPSA) is 60.9 Å². The summed E-state index contributed by atoms with van der Waals surface area (Å²) in [7, 11) is 1.81. The van der Waals surface area contributed by atoms with E-state index in [4.69, 9.17) is 16.6 Å². The lowest BCUT2D eigenvalue weighted by molar-refractivity contribution is 0.765. The zero-order valence-electron chi connectivity index (χ0n) is 16.0. The Bertz CT molecular complexity index is 1290. The molecule has 29 heavy (non-hydrogen) atoms. The summed E-state index contributed by atoms with van der Waals surface area (Å²) in [6.07, 6.45) is 2.82. The SMILES string of the molecule is Cn1nc(-c2nc3ccccc3n3c(CCCc4ccccc4)nnc23)cc1Cl. The van der Waals surface area contributed by atoms with E-state index in [1.807, 2.05) is 37.4 Å². The number of hydrogen-bond acceptors (Lipinski definition) is 4. The second kappa shape index (κ2) is 7.29. The average Bonchev–Trinajstić information content (AvgIpc) is 3.32. The monoisotopic (exact) mass is 402 g/mol. The number of aromatic nitrogens is 6. The molecule has 0 aliphatic heterocycles. The maximum Gasteiger partial charge on any atom is 0.189 e. The van der Waals surface area contributed by atoms with Gasteiger partial charge in [-0.1, -0.05) is 54.1 Å². The van der Waals surface area contributed by atoms with Crippen LogP contribution in [0, 0.1) is 0 Å². The number of rotatable bonds is 5. The van der Waals surface area contributed by atoms with Gasteiger partial charge in [0.1, 0.15) is 22.4 Å². The summed E-state index contributed by atoms with van der Waals surface area (Å²) in [6.45, 7) is 0. The summed E-state index contributed by atoms with van der Waals surface area (Å²) in [4.78, 5) is 4.81. The van der Waals surface area contributed by atoms with E-state index in [1.165, 1.54) is 5.56 Å². The molecule has 0 amide bonds. The van der Waals surface area contributed by atoms with Gasteiger partial charge in [0.25, 0.3) is 0 Å². The van der Waals surface area contributed by atoms with Crippen LogP contribution in [-0.4, -0.2) is 29.4 Å². The molecule has 0 saturated carbocycles. The molecular weight excluding hydrogens is 384 g/mol. The van der Waals surface area contributed by atoms with E-state index in [-0.39, 0.29) is 0 Å². The highest BCUT2D eigenvalue weighted by atomic mass is 35.5. The van der Waals surface area contributed by atoms with Gasteiger partial charge in [0.05, 0.1) is 11.0 Å². The second-order valence-electron chi connectivity index (χ2n) is 7.04. The van der Waals surface area contributed by atoms with Crippen LogP contribution in [0.5, 0.6) is 0 Å². The van der Waals surface area contributed by atoms with Crippen molar-refractivity contribution in [2.75, 3.05) is 0 Å². The molecule has 0 atom stereocenters. The van der Waals surface area contributed by atoms with Gasteiger partial charge in [-0.3, -0.25) is 9.08 Å². The number of halogens is 1. The van der Waals surface area contributed by atoms with Crippen molar-refractivity contribution in [2.45, 2.75) is 19.3 Å². The lowest BCUT2D eigenvalue weighted by Gasteiger charge is -2.07. The number of para-hydroxylation sites is 2. The Morgan fingerprint density at radius 2 is 1.72 bits per heavy atom. The van der Waals surface area contributed by atoms with E-state index in [1.54, 1.807) is 4.68 Å². The normalized spacial score (nSPS) is 11.5. The van der Waals surface area contributed by atoms with E-state index in [9.17, 15) is 0 Å². The van der Waals surface area contributed by atoms with Crippen LogP contribution in [0.2, 0.25) is 5.15 Å². The summed E-state index contributed by atoms with van der Waals surface area (Å²) in [5.41, 5.74) is 5.28. The number of benzene rings is 2. The Morgan fingerprint density at radius 3 is 2.52 bits per heavy atom. The summed E-state index contributed by atoms with van der Waals surface area (Å²) in [6, 6.07) is 20.3. The average molecular weight is 403 g/mol. The molecular formula is C22H19ClN6. The third kappa shape index (κ3) is 3.25. The fraction of sp³-hybridized carbons (Fsp3) is 0.182. The second-order valence-corrected chi connectivity index (χ2v) is 7.43. The predicted octanol–water partition coefficient (Wildman–Crippen LogP) is 4.51. The molecule has 6 nitrogen and oxygen atoms in total. The van der Waals surface area contributed by atoms with Crippen molar-refractivity contribution in [1.82, 2.24) is 29.4 Å². The Balaban J connectivity index is 1.59. The van der Waals surface area contributed by atoms with Crippen molar-refractivity contribution in [3.8, 4) is 11.4 Å². The van der Waals surface area contributed by atoms with E-state index >= 15 is 0 Å². The minimum atomic E-state index is 0.552. The molecule has 0 saturated heterocycles. The third-order valence-corrected chi connectivity index (χ3v) is 5.42. The van der Waals surface area contributed by atoms with Gasteiger partial charge in [0.15, 0.2) is 5.65 Å². The highest BCUT2D eigenvalue weighted by Crippen LogP contribution is 2.27. The molecule has 0 bridgehead atoms. The molecule has 3 aromatic heterocycles. The fourth-order valence-corrected chi connectivity index (χ4v) is 3.77. The molecule has 0 radical (unpaired) electrons. The van der Waals surface area contributed by atoms with Crippen molar-refractivity contribution in [2.24, 2.45) is 7.05 Å². The number of fused-ring (bicyclic) bond motifs is 3. The number of nitrogens with zero attached hydrogens (tertiary/aromatic N) is 6. The van der Waals surface area contributed by atoms with E-state index in [0.717, 1.165) is 36.1 Å². The van der Waals surface area contributed by atoms with Crippen LogP contribution >= 0.6 is 11.6 Å². The Kier molecular flexibility index (Phi) is 4.48. The minimum Gasteiger partial charge on any atom is -0.275 e. The van der Waals surface area contributed by atoms with Crippen molar-refractivity contribution in [3.05, 3.63) is 77.2 Å². The Hall–Kier alpha value is -3.25. The van der Waals surface area contributed by atoms with Gasteiger partial charge in [-0.05, 0) is 30.5 Å². The van der Waals surface area contributed by atoms with Crippen molar-refractivity contribution >= 4 is 28.3 Å². The summed E-state index contributed by atoms with van der Waals surface area (Å²) in [5.74, 6) is 0.929. The lowest BCUT2D eigenvalue weighted by Crippen LogP contribution is -2.01. The highest BCUT2D eigenvalue weighted by molar-refractivity contribution is 6.29. The molecule has 5 rings (SSSR count). The molecule has 144 valence electrons. The van der Waals surface area contributed by atoms with Gasteiger partial charge in [0, 0.05) is 19.5 Å². The molecule has 0 fully saturated rings. The molecule has 5 aromatic rings. The van der Waals surface area contributed by atoms with E-state index < -0.39 is 0 Å². The largest absolute Gasteiger partial charge is 0.275 e. The Labute approximate surface area is 172 Å². The summed E-state index contributed by atoms with van der Waals surface area (Å²) in [5, 5.41) is 14.0. The zero-order chi connectivity index (χ0) is 19.8. The van der Waals surface area contributed by atoms with Crippen LogP contribution in [0.3, 0.4) is 0 Å². The maximum absolute atomic E-state index is 6.21. The first-order valence-corrected chi connectivity index (χ1v) is 9.95. The molecule has 0 N–H and O–H groups in total.